The third kappa shape index (κ3) is 5.64. The highest BCUT2D eigenvalue weighted by molar-refractivity contribution is 7.99. The fourth-order valence-corrected chi connectivity index (χ4v) is 6.34. The molecule has 180 valence electrons. The molecule has 3 aromatic rings. The van der Waals surface area contributed by atoms with Gasteiger partial charge in [-0.3, -0.25) is 4.79 Å². The monoisotopic (exact) mass is 518 g/mol. The van der Waals surface area contributed by atoms with Crippen LogP contribution in [-0.4, -0.2) is 39.5 Å². The zero-order valence-corrected chi connectivity index (χ0v) is 21.6. The van der Waals surface area contributed by atoms with Crippen molar-refractivity contribution in [2.45, 2.75) is 57.1 Å². The molecule has 2 aromatic heterocycles. The van der Waals surface area contributed by atoms with Crippen LogP contribution < -0.4 is 5.32 Å². The van der Waals surface area contributed by atoms with Gasteiger partial charge in [-0.1, -0.05) is 41.9 Å². The maximum atomic E-state index is 12.8. The molecular weight excluding hydrogens is 492 g/mol. The maximum Gasteiger partial charge on any atom is 0.341 e. The Hall–Kier alpha value is -2.36. The van der Waals surface area contributed by atoms with Crippen molar-refractivity contribution < 1.29 is 14.3 Å². The lowest BCUT2D eigenvalue weighted by atomic mass is 10.1. The third-order valence-corrected chi connectivity index (χ3v) is 8.21. The van der Waals surface area contributed by atoms with Crippen LogP contribution in [0.2, 0.25) is 5.02 Å². The van der Waals surface area contributed by atoms with E-state index in [9.17, 15) is 9.59 Å². The van der Waals surface area contributed by atoms with Crippen LogP contribution >= 0.6 is 34.7 Å². The van der Waals surface area contributed by atoms with E-state index < -0.39 is 0 Å². The van der Waals surface area contributed by atoms with Crippen molar-refractivity contribution in [1.29, 1.82) is 0 Å². The number of hydrogen-bond donors (Lipinski definition) is 1. The largest absolute Gasteiger partial charge is 0.465 e. The molecule has 0 bridgehead atoms. The lowest BCUT2D eigenvalue weighted by Gasteiger charge is -2.09. The summed E-state index contributed by atoms with van der Waals surface area (Å²) in [4.78, 5) is 26.5. The molecule has 1 aliphatic carbocycles. The Bertz CT molecular complexity index is 1170. The van der Waals surface area contributed by atoms with Gasteiger partial charge >= 0.3 is 5.97 Å². The summed E-state index contributed by atoms with van der Waals surface area (Å²) < 4.78 is 7.04. The first kappa shape index (κ1) is 24.8. The Morgan fingerprint density at radius 2 is 1.94 bits per heavy atom. The normalized spacial score (nSPS) is 13.3. The van der Waals surface area contributed by atoms with E-state index in [0.29, 0.717) is 33.7 Å². The number of anilines is 1. The highest BCUT2D eigenvalue weighted by Crippen LogP contribution is 2.38. The molecule has 0 spiro atoms. The fourth-order valence-electron chi connectivity index (χ4n) is 4.10. The van der Waals surface area contributed by atoms with Gasteiger partial charge < -0.3 is 14.6 Å². The van der Waals surface area contributed by atoms with Gasteiger partial charge in [-0.15, -0.1) is 21.5 Å². The zero-order valence-electron chi connectivity index (χ0n) is 19.2. The average molecular weight is 519 g/mol. The van der Waals surface area contributed by atoms with E-state index in [2.05, 4.69) is 15.5 Å². The first-order chi connectivity index (χ1) is 16.5. The summed E-state index contributed by atoms with van der Waals surface area (Å²) in [7, 11) is 1.38. The van der Waals surface area contributed by atoms with Crippen LogP contribution in [0.15, 0.2) is 29.4 Å². The predicted molar refractivity (Wildman–Crippen MR) is 136 cm³/mol. The minimum atomic E-state index is -0.389. The van der Waals surface area contributed by atoms with Crippen molar-refractivity contribution in [3.63, 3.8) is 0 Å². The molecule has 1 amide bonds. The molecule has 0 saturated carbocycles. The molecule has 4 rings (SSSR count). The molecule has 1 aromatic carbocycles. The molecule has 0 atom stereocenters. The number of fused-ring (bicyclic) bond motifs is 1. The van der Waals surface area contributed by atoms with Crippen molar-refractivity contribution in [2.75, 3.05) is 18.2 Å². The summed E-state index contributed by atoms with van der Waals surface area (Å²) in [5.74, 6) is 0.432. The highest BCUT2D eigenvalue weighted by Gasteiger charge is 2.26. The van der Waals surface area contributed by atoms with Crippen molar-refractivity contribution in [1.82, 2.24) is 14.8 Å². The number of methoxy groups -OCH3 is 1. The second-order valence-electron chi connectivity index (χ2n) is 8.04. The number of halogens is 1. The quantitative estimate of drug-likeness (QED) is 0.244. The average Bonchev–Trinajstić information content (AvgIpc) is 3.29. The number of rotatable bonds is 8. The van der Waals surface area contributed by atoms with Crippen molar-refractivity contribution >= 4 is 51.6 Å². The second-order valence-corrected chi connectivity index (χ2v) is 10.5. The number of hydrogen-bond acceptors (Lipinski definition) is 7. The van der Waals surface area contributed by atoms with Gasteiger partial charge in [-0.25, -0.2) is 4.79 Å². The molecule has 0 fully saturated rings. The number of benzene rings is 1. The van der Waals surface area contributed by atoms with Gasteiger partial charge in [0.1, 0.15) is 10.8 Å². The summed E-state index contributed by atoms with van der Waals surface area (Å²) in [6, 6.07) is 7.66. The minimum absolute atomic E-state index is 0.169. The summed E-state index contributed by atoms with van der Waals surface area (Å²) in [6.07, 6.45) is 5.71. The number of aromatic nitrogens is 3. The van der Waals surface area contributed by atoms with Crippen LogP contribution in [0, 0.1) is 0 Å². The van der Waals surface area contributed by atoms with Gasteiger partial charge in [-0.2, -0.15) is 0 Å². The zero-order chi connectivity index (χ0) is 24.1. The molecule has 0 radical (unpaired) electrons. The van der Waals surface area contributed by atoms with E-state index in [0.717, 1.165) is 49.1 Å². The molecule has 0 aliphatic heterocycles. The number of thiophene rings is 1. The molecule has 2 heterocycles. The number of carbonyl (C=O) groups is 2. The molecule has 0 saturated heterocycles. The smallest absolute Gasteiger partial charge is 0.341 e. The summed E-state index contributed by atoms with van der Waals surface area (Å²) in [5, 5.41) is 13.6. The number of ether oxygens (including phenoxy) is 1. The van der Waals surface area contributed by atoms with E-state index in [-0.39, 0.29) is 17.6 Å². The van der Waals surface area contributed by atoms with Gasteiger partial charge in [-0.05, 0) is 55.9 Å². The van der Waals surface area contributed by atoms with Gasteiger partial charge in [0.15, 0.2) is 5.16 Å². The third-order valence-electron chi connectivity index (χ3n) is 5.78. The van der Waals surface area contributed by atoms with Gasteiger partial charge in [0, 0.05) is 22.9 Å². The summed E-state index contributed by atoms with van der Waals surface area (Å²) in [6.45, 7) is 2.73. The van der Waals surface area contributed by atoms with Crippen molar-refractivity contribution in [3.05, 3.63) is 56.7 Å². The van der Waals surface area contributed by atoms with Crippen LogP contribution in [0.25, 0.3) is 0 Å². The number of esters is 1. The second kappa shape index (κ2) is 11.4. The number of carbonyl (C=O) groups excluding carboxylic acids is 2. The van der Waals surface area contributed by atoms with E-state index in [1.807, 2.05) is 35.8 Å². The summed E-state index contributed by atoms with van der Waals surface area (Å²) >= 11 is 8.81. The SMILES string of the molecule is CCn1c(Cc2ccc(Cl)cc2)nnc1SCC(=O)Nc1sc2c(c1C(=O)OC)CCCCC2. The van der Waals surface area contributed by atoms with Gasteiger partial charge in [0.05, 0.1) is 18.4 Å². The van der Waals surface area contributed by atoms with E-state index in [1.54, 1.807) is 0 Å². The van der Waals surface area contributed by atoms with Gasteiger partial charge in [0.25, 0.3) is 0 Å². The first-order valence-electron chi connectivity index (χ1n) is 11.3. The van der Waals surface area contributed by atoms with Crippen molar-refractivity contribution in [2.24, 2.45) is 0 Å². The van der Waals surface area contributed by atoms with Crippen LogP contribution in [-0.2, 0) is 35.3 Å². The molecule has 34 heavy (non-hydrogen) atoms. The molecule has 1 aliphatic rings. The van der Waals surface area contributed by atoms with E-state index in [4.69, 9.17) is 16.3 Å². The first-order valence-corrected chi connectivity index (χ1v) is 13.5. The topological polar surface area (TPSA) is 86.1 Å². The molecular formula is C24H27ClN4O3S2. The predicted octanol–water partition coefficient (Wildman–Crippen LogP) is 5.39. The Kier molecular flexibility index (Phi) is 8.28. The number of thioether (sulfide) groups is 1. The number of nitrogens with one attached hydrogen (secondary N) is 1. The van der Waals surface area contributed by atoms with Crippen LogP contribution in [0.1, 0.15) is 58.4 Å². The lowest BCUT2D eigenvalue weighted by Crippen LogP contribution is -2.17. The standard InChI is InChI=1S/C24H27ClN4O3S2/c1-3-29-19(13-15-9-11-16(25)12-10-15)27-28-24(29)33-14-20(30)26-22-21(23(31)32-2)17-7-5-4-6-8-18(17)34-22/h9-12H,3-8,13-14H2,1-2H3,(H,26,30). The number of aryl methyl sites for hydroxylation is 1. The minimum Gasteiger partial charge on any atom is -0.465 e. The Morgan fingerprint density at radius 3 is 2.68 bits per heavy atom. The van der Waals surface area contributed by atoms with Gasteiger partial charge in [0.2, 0.25) is 5.91 Å². The fraction of sp³-hybridized carbons (Fsp3) is 0.417. The summed E-state index contributed by atoms with van der Waals surface area (Å²) in [5.41, 5.74) is 2.65. The Labute approximate surface area is 212 Å². The van der Waals surface area contributed by atoms with E-state index in [1.165, 1.54) is 35.1 Å². The number of nitrogens with zero attached hydrogens (tertiary/aromatic N) is 3. The molecule has 7 nitrogen and oxygen atoms in total. The van der Waals surface area contributed by atoms with Crippen LogP contribution in [0.3, 0.4) is 0 Å². The number of amides is 1. The highest BCUT2D eigenvalue weighted by atomic mass is 35.5. The van der Waals surface area contributed by atoms with E-state index >= 15 is 0 Å². The van der Waals surface area contributed by atoms with Crippen molar-refractivity contribution in [3.8, 4) is 0 Å². The lowest BCUT2D eigenvalue weighted by molar-refractivity contribution is -0.113. The molecule has 1 N–H and O–H groups in total. The van der Waals surface area contributed by atoms with Crippen LogP contribution in [0.5, 0.6) is 0 Å². The maximum absolute atomic E-state index is 12.8. The molecule has 10 heteroatoms. The molecule has 0 unspecified atom stereocenters. The van der Waals surface area contributed by atoms with Crippen LogP contribution in [0.4, 0.5) is 5.00 Å². The Balaban J connectivity index is 1.44. The Morgan fingerprint density at radius 1 is 1.18 bits per heavy atom.